The number of aryl methyl sites for hydroxylation is 1. The van der Waals surface area contributed by atoms with Gasteiger partial charge in [0.1, 0.15) is 6.10 Å². The zero-order valence-corrected chi connectivity index (χ0v) is 12.6. The molecule has 0 N–H and O–H groups in total. The van der Waals surface area contributed by atoms with Crippen molar-refractivity contribution in [2.75, 3.05) is 7.11 Å². The number of esters is 1. The third kappa shape index (κ3) is 2.75. The molecule has 0 radical (unpaired) electrons. The molecule has 3 rings (SSSR count). The molecule has 0 aliphatic carbocycles. The van der Waals surface area contributed by atoms with Crippen molar-refractivity contribution < 1.29 is 19.0 Å². The molecule has 1 saturated heterocycles. The van der Waals surface area contributed by atoms with Gasteiger partial charge >= 0.3 is 5.97 Å². The van der Waals surface area contributed by atoms with Crippen LogP contribution in [0, 0.1) is 6.92 Å². The summed E-state index contributed by atoms with van der Waals surface area (Å²) in [5, 5.41) is 0. The first-order chi connectivity index (χ1) is 10.7. The van der Waals surface area contributed by atoms with Gasteiger partial charge in [0.2, 0.25) is 0 Å². The molecule has 1 aliphatic heterocycles. The molecule has 2 aromatic carbocycles. The minimum absolute atomic E-state index is 0.424. The van der Waals surface area contributed by atoms with E-state index >= 15 is 0 Å². The quantitative estimate of drug-likeness (QED) is 0.815. The normalized spacial score (nSPS) is 24.2. The highest BCUT2D eigenvalue weighted by Gasteiger charge is 2.43. The van der Waals surface area contributed by atoms with Crippen LogP contribution in [0.25, 0.3) is 0 Å². The van der Waals surface area contributed by atoms with Crippen LogP contribution in [0.5, 0.6) is 0 Å². The van der Waals surface area contributed by atoms with Crippen molar-refractivity contribution in [3.63, 3.8) is 0 Å². The molecule has 2 aromatic rings. The molecule has 4 nitrogen and oxygen atoms in total. The van der Waals surface area contributed by atoms with E-state index in [0.717, 1.165) is 16.7 Å². The Morgan fingerprint density at radius 2 is 1.68 bits per heavy atom. The second kappa shape index (κ2) is 6.30. The first-order valence-electron chi connectivity index (χ1n) is 7.20. The van der Waals surface area contributed by atoms with E-state index in [4.69, 9.17) is 14.2 Å². The monoisotopic (exact) mass is 298 g/mol. The second-order valence-corrected chi connectivity index (χ2v) is 5.24. The lowest BCUT2D eigenvalue weighted by molar-refractivity contribution is -0.154. The summed E-state index contributed by atoms with van der Waals surface area (Å²) >= 11 is 0. The summed E-state index contributed by atoms with van der Waals surface area (Å²) in [7, 11) is 1.36. The van der Waals surface area contributed by atoms with Crippen LogP contribution in [0.15, 0.2) is 54.6 Å². The lowest BCUT2D eigenvalue weighted by Crippen LogP contribution is -2.27. The first kappa shape index (κ1) is 14.8. The van der Waals surface area contributed by atoms with E-state index in [9.17, 15) is 4.79 Å². The lowest BCUT2D eigenvalue weighted by atomic mass is 10.00. The Labute approximate surface area is 129 Å². The smallest absolute Gasteiger partial charge is 0.338 e. The van der Waals surface area contributed by atoms with Crippen molar-refractivity contribution in [3.05, 3.63) is 71.3 Å². The molecule has 1 fully saturated rings. The van der Waals surface area contributed by atoms with Crippen LogP contribution in [0.1, 0.15) is 29.1 Å². The molecule has 1 aliphatic rings. The van der Waals surface area contributed by atoms with Crippen molar-refractivity contribution in [1.29, 1.82) is 0 Å². The van der Waals surface area contributed by atoms with Crippen molar-refractivity contribution in [3.8, 4) is 0 Å². The van der Waals surface area contributed by atoms with Gasteiger partial charge in [-0.15, -0.1) is 0 Å². The summed E-state index contributed by atoms with van der Waals surface area (Å²) in [6, 6.07) is 17.4. The number of ether oxygens (including phenoxy) is 3. The maximum atomic E-state index is 12.1. The Morgan fingerprint density at radius 1 is 1.00 bits per heavy atom. The molecule has 0 bridgehead atoms. The maximum absolute atomic E-state index is 12.1. The molecule has 0 saturated carbocycles. The average Bonchev–Trinajstić information content (AvgIpc) is 3.00. The van der Waals surface area contributed by atoms with Gasteiger partial charge in [0, 0.05) is 5.56 Å². The van der Waals surface area contributed by atoms with Gasteiger partial charge < -0.3 is 14.2 Å². The van der Waals surface area contributed by atoms with E-state index in [2.05, 4.69) is 0 Å². The van der Waals surface area contributed by atoms with Gasteiger partial charge in [-0.2, -0.15) is 0 Å². The molecular formula is C18H18O4. The zero-order chi connectivity index (χ0) is 15.5. The van der Waals surface area contributed by atoms with Crippen molar-refractivity contribution >= 4 is 5.97 Å². The highest BCUT2D eigenvalue weighted by molar-refractivity contribution is 5.76. The Morgan fingerprint density at radius 3 is 2.36 bits per heavy atom. The van der Waals surface area contributed by atoms with Crippen LogP contribution < -0.4 is 0 Å². The van der Waals surface area contributed by atoms with E-state index in [1.54, 1.807) is 0 Å². The molecule has 0 unspecified atom stereocenters. The lowest BCUT2D eigenvalue weighted by Gasteiger charge is -2.16. The SMILES string of the molecule is COC(=O)[C@H]1O[C@@H](c2ccccc2)O[C@H]1c1ccccc1C. The standard InChI is InChI=1S/C18H18O4/c1-12-8-6-7-11-14(12)15-16(17(19)20-2)22-18(21-15)13-9-4-3-5-10-13/h3-11,15-16,18H,1-2H3/t15-,16-,18-/m0/s1. The molecule has 3 atom stereocenters. The predicted molar refractivity (Wildman–Crippen MR) is 81.1 cm³/mol. The number of carbonyl (C=O) groups is 1. The fraction of sp³-hybridized carbons (Fsp3) is 0.278. The Bertz CT molecular complexity index is 653. The largest absolute Gasteiger partial charge is 0.467 e. The van der Waals surface area contributed by atoms with Gasteiger partial charge in [0.25, 0.3) is 0 Å². The molecule has 0 amide bonds. The zero-order valence-electron chi connectivity index (χ0n) is 12.6. The Kier molecular flexibility index (Phi) is 4.22. The van der Waals surface area contributed by atoms with Gasteiger partial charge in [-0.25, -0.2) is 4.79 Å². The number of rotatable bonds is 3. The fourth-order valence-corrected chi connectivity index (χ4v) is 2.65. The van der Waals surface area contributed by atoms with Crippen LogP contribution in [0.4, 0.5) is 0 Å². The van der Waals surface area contributed by atoms with Crippen molar-refractivity contribution in [2.24, 2.45) is 0 Å². The van der Waals surface area contributed by atoms with Gasteiger partial charge in [-0.1, -0.05) is 54.6 Å². The van der Waals surface area contributed by atoms with Crippen molar-refractivity contribution in [2.45, 2.75) is 25.4 Å². The molecular weight excluding hydrogens is 280 g/mol. The Balaban J connectivity index is 1.93. The summed E-state index contributed by atoms with van der Waals surface area (Å²) in [5.74, 6) is -0.424. The third-order valence-corrected chi connectivity index (χ3v) is 3.82. The van der Waals surface area contributed by atoms with Crippen LogP contribution in [-0.4, -0.2) is 19.2 Å². The average molecular weight is 298 g/mol. The molecule has 0 spiro atoms. The topological polar surface area (TPSA) is 44.8 Å². The molecule has 22 heavy (non-hydrogen) atoms. The molecule has 114 valence electrons. The number of carbonyl (C=O) groups excluding carboxylic acids is 1. The first-order valence-corrected chi connectivity index (χ1v) is 7.20. The predicted octanol–water partition coefficient (Wildman–Crippen LogP) is 3.32. The highest BCUT2D eigenvalue weighted by atomic mass is 16.7. The number of hydrogen-bond acceptors (Lipinski definition) is 4. The summed E-state index contributed by atoms with van der Waals surface area (Å²) in [4.78, 5) is 12.1. The summed E-state index contributed by atoms with van der Waals surface area (Å²) in [6.45, 7) is 1.99. The van der Waals surface area contributed by atoms with E-state index in [1.807, 2.05) is 61.5 Å². The van der Waals surface area contributed by atoms with Gasteiger partial charge in [-0.05, 0) is 18.1 Å². The third-order valence-electron chi connectivity index (χ3n) is 3.82. The van der Waals surface area contributed by atoms with Gasteiger partial charge in [0.15, 0.2) is 12.4 Å². The number of benzene rings is 2. The van der Waals surface area contributed by atoms with Gasteiger partial charge in [0.05, 0.1) is 7.11 Å². The van der Waals surface area contributed by atoms with Crippen molar-refractivity contribution in [1.82, 2.24) is 0 Å². The van der Waals surface area contributed by atoms with Crippen LogP contribution in [0.3, 0.4) is 0 Å². The minimum atomic E-state index is -0.767. The summed E-state index contributed by atoms with van der Waals surface area (Å²) in [6.07, 6.45) is -1.81. The minimum Gasteiger partial charge on any atom is -0.467 e. The van der Waals surface area contributed by atoms with E-state index in [-0.39, 0.29) is 0 Å². The van der Waals surface area contributed by atoms with Crippen LogP contribution in [0.2, 0.25) is 0 Å². The summed E-state index contributed by atoms with van der Waals surface area (Å²) in [5.41, 5.74) is 2.88. The molecule has 4 heteroatoms. The fourth-order valence-electron chi connectivity index (χ4n) is 2.65. The number of methoxy groups -OCH3 is 1. The molecule has 0 aromatic heterocycles. The van der Waals surface area contributed by atoms with E-state index in [0.29, 0.717) is 0 Å². The van der Waals surface area contributed by atoms with E-state index in [1.165, 1.54) is 7.11 Å². The highest BCUT2D eigenvalue weighted by Crippen LogP contribution is 2.41. The maximum Gasteiger partial charge on any atom is 0.338 e. The summed E-state index contributed by atoms with van der Waals surface area (Å²) < 4.78 is 16.7. The van der Waals surface area contributed by atoms with Crippen LogP contribution in [-0.2, 0) is 19.0 Å². The second-order valence-electron chi connectivity index (χ2n) is 5.24. The van der Waals surface area contributed by atoms with Gasteiger partial charge in [-0.3, -0.25) is 0 Å². The molecule has 1 heterocycles. The number of hydrogen-bond donors (Lipinski definition) is 0. The van der Waals surface area contributed by atoms with E-state index < -0.39 is 24.5 Å². The Hall–Kier alpha value is -2.17. The van der Waals surface area contributed by atoms with Crippen LogP contribution >= 0.6 is 0 Å².